The van der Waals surface area contributed by atoms with Crippen molar-refractivity contribution in [3.05, 3.63) is 59.8 Å². The standard InChI is InChI=1S/C20H18N2O4/c1-12-18(14-6-2-3-7-15(14)22-12)19(23)20(24)21-10-13-11-25-16-8-4-5-9-17(16)26-13/h2-9,13,22H,10-11H2,1H3,(H,21,24). The van der Waals surface area contributed by atoms with Crippen LogP contribution in [0.25, 0.3) is 10.9 Å². The van der Waals surface area contributed by atoms with Gasteiger partial charge in [0.25, 0.3) is 11.7 Å². The summed E-state index contributed by atoms with van der Waals surface area (Å²) in [6.45, 7) is 2.30. The first-order valence-corrected chi connectivity index (χ1v) is 8.42. The number of fused-ring (bicyclic) bond motifs is 2. The van der Waals surface area contributed by atoms with Crippen molar-refractivity contribution in [2.45, 2.75) is 13.0 Å². The number of Topliss-reactive ketones (excluding diaryl/α,β-unsaturated/α-hetero) is 1. The largest absolute Gasteiger partial charge is 0.486 e. The lowest BCUT2D eigenvalue weighted by Gasteiger charge is -2.26. The molecule has 0 saturated carbocycles. The number of aromatic amines is 1. The number of aromatic nitrogens is 1. The molecule has 0 radical (unpaired) electrons. The van der Waals surface area contributed by atoms with Gasteiger partial charge in [-0.15, -0.1) is 0 Å². The first kappa shape index (κ1) is 16.2. The molecule has 2 heterocycles. The van der Waals surface area contributed by atoms with Gasteiger partial charge in [0.05, 0.1) is 12.1 Å². The molecule has 0 aliphatic carbocycles. The van der Waals surface area contributed by atoms with Gasteiger partial charge in [-0.1, -0.05) is 30.3 Å². The highest BCUT2D eigenvalue weighted by Gasteiger charge is 2.25. The van der Waals surface area contributed by atoms with Crippen LogP contribution in [-0.2, 0) is 4.79 Å². The highest BCUT2D eigenvalue weighted by atomic mass is 16.6. The molecule has 4 rings (SSSR count). The van der Waals surface area contributed by atoms with Crippen molar-refractivity contribution < 1.29 is 19.1 Å². The Morgan fingerprint density at radius 3 is 2.69 bits per heavy atom. The van der Waals surface area contributed by atoms with Gasteiger partial charge in [-0.2, -0.15) is 0 Å². The molecule has 1 unspecified atom stereocenters. The number of rotatable bonds is 4. The monoisotopic (exact) mass is 350 g/mol. The number of benzene rings is 2. The summed E-state index contributed by atoms with van der Waals surface area (Å²) in [5.74, 6) is 0.106. The fourth-order valence-corrected chi connectivity index (χ4v) is 3.13. The number of carbonyl (C=O) groups excluding carboxylic acids is 2. The average Bonchev–Trinajstić information content (AvgIpc) is 3.01. The Balaban J connectivity index is 1.44. The maximum absolute atomic E-state index is 12.6. The molecule has 0 bridgehead atoms. The maximum atomic E-state index is 12.6. The van der Waals surface area contributed by atoms with Crippen LogP contribution >= 0.6 is 0 Å². The fraction of sp³-hybridized carbons (Fsp3) is 0.200. The molecule has 6 nitrogen and oxygen atoms in total. The van der Waals surface area contributed by atoms with E-state index >= 15 is 0 Å². The number of ketones is 1. The molecule has 0 fully saturated rings. The molecular formula is C20H18N2O4. The van der Waals surface area contributed by atoms with Crippen LogP contribution in [0.1, 0.15) is 16.1 Å². The van der Waals surface area contributed by atoms with E-state index in [4.69, 9.17) is 9.47 Å². The van der Waals surface area contributed by atoms with Crippen molar-refractivity contribution in [2.75, 3.05) is 13.2 Å². The third kappa shape index (κ3) is 2.90. The molecule has 1 amide bonds. The Labute approximate surface area is 150 Å². The predicted molar refractivity (Wildman–Crippen MR) is 96.7 cm³/mol. The van der Waals surface area contributed by atoms with Crippen LogP contribution < -0.4 is 14.8 Å². The SMILES string of the molecule is Cc1[nH]c2ccccc2c1C(=O)C(=O)NCC1COc2ccccc2O1. The Morgan fingerprint density at radius 2 is 1.85 bits per heavy atom. The molecule has 26 heavy (non-hydrogen) atoms. The molecule has 6 heteroatoms. The van der Waals surface area contributed by atoms with Gasteiger partial charge >= 0.3 is 0 Å². The summed E-state index contributed by atoms with van der Waals surface area (Å²) in [5.41, 5.74) is 1.92. The maximum Gasteiger partial charge on any atom is 0.292 e. The lowest BCUT2D eigenvalue weighted by Crippen LogP contribution is -2.43. The van der Waals surface area contributed by atoms with Crippen LogP contribution in [0.3, 0.4) is 0 Å². The lowest BCUT2D eigenvalue weighted by atomic mass is 10.1. The zero-order valence-corrected chi connectivity index (χ0v) is 14.2. The molecule has 3 aromatic rings. The van der Waals surface area contributed by atoms with Gasteiger partial charge in [-0.25, -0.2) is 0 Å². The number of hydrogen-bond donors (Lipinski definition) is 2. The van der Waals surface area contributed by atoms with Crippen LogP contribution in [0.5, 0.6) is 11.5 Å². The highest BCUT2D eigenvalue weighted by Crippen LogP contribution is 2.30. The first-order chi connectivity index (χ1) is 12.6. The summed E-state index contributed by atoms with van der Waals surface area (Å²) >= 11 is 0. The molecule has 0 saturated heterocycles. The number of para-hydroxylation sites is 3. The first-order valence-electron chi connectivity index (χ1n) is 8.42. The van der Waals surface area contributed by atoms with E-state index in [9.17, 15) is 9.59 Å². The molecule has 1 aliphatic heterocycles. The van der Waals surface area contributed by atoms with Crippen molar-refractivity contribution in [2.24, 2.45) is 0 Å². The summed E-state index contributed by atoms with van der Waals surface area (Å²) in [5, 5.41) is 3.40. The Kier molecular flexibility index (Phi) is 4.08. The average molecular weight is 350 g/mol. The summed E-state index contributed by atoms with van der Waals surface area (Å²) in [7, 11) is 0. The quantitative estimate of drug-likeness (QED) is 0.560. The van der Waals surface area contributed by atoms with Crippen LogP contribution in [0, 0.1) is 6.92 Å². The van der Waals surface area contributed by atoms with Crippen LogP contribution in [0.4, 0.5) is 0 Å². The number of nitrogens with one attached hydrogen (secondary N) is 2. The van der Waals surface area contributed by atoms with Crippen LogP contribution in [0.2, 0.25) is 0 Å². The van der Waals surface area contributed by atoms with E-state index in [2.05, 4.69) is 10.3 Å². The number of carbonyl (C=O) groups is 2. The van der Waals surface area contributed by atoms with Gasteiger partial charge in [0, 0.05) is 16.6 Å². The van der Waals surface area contributed by atoms with E-state index in [-0.39, 0.29) is 12.6 Å². The predicted octanol–water partition coefficient (Wildman–Crippen LogP) is 2.62. The number of aryl methyl sites for hydroxylation is 1. The topological polar surface area (TPSA) is 80.4 Å². The third-order valence-corrected chi connectivity index (χ3v) is 4.38. The van der Waals surface area contributed by atoms with E-state index in [1.807, 2.05) is 48.5 Å². The van der Waals surface area contributed by atoms with Crippen molar-refractivity contribution in [3.8, 4) is 11.5 Å². The normalized spacial score (nSPS) is 15.7. The minimum Gasteiger partial charge on any atom is -0.486 e. The second-order valence-electron chi connectivity index (χ2n) is 6.21. The van der Waals surface area contributed by atoms with Gasteiger partial charge in [0.15, 0.2) is 11.5 Å². The smallest absolute Gasteiger partial charge is 0.292 e. The summed E-state index contributed by atoms with van der Waals surface area (Å²) in [6.07, 6.45) is -0.342. The van der Waals surface area contributed by atoms with Gasteiger partial charge in [-0.05, 0) is 25.1 Å². The third-order valence-electron chi connectivity index (χ3n) is 4.38. The Hall–Kier alpha value is -3.28. The van der Waals surface area contributed by atoms with Gasteiger partial charge in [-0.3, -0.25) is 9.59 Å². The van der Waals surface area contributed by atoms with E-state index in [0.29, 0.717) is 29.4 Å². The minimum atomic E-state index is -0.652. The number of hydrogen-bond acceptors (Lipinski definition) is 4. The molecule has 1 aliphatic rings. The fourth-order valence-electron chi connectivity index (χ4n) is 3.13. The molecule has 132 valence electrons. The van der Waals surface area contributed by atoms with Crippen LogP contribution in [0.15, 0.2) is 48.5 Å². The van der Waals surface area contributed by atoms with E-state index in [0.717, 1.165) is 10.9 Å². The lowest BCUT2D eigenvalue weighted by molar-refractivity contribution is -0.117. The van der Waals surface area contributed by atoms with Crippen molar-refractivity contribution in [3.63, 3.8) is 0 Å². The number of H-pyrrole nitrogens is 1. The number of ether oxygens (including phenoxy) is 2. The van der Waals surface area contributed by atoms with Crippen LogP contribution in [-0.4, -0.2) is 35.9 Å². The molecule has 0 spiro atoms. The zero-order chi connectivity index (χ0) is 18.1. The van der Waals surface area contributed by atoms with Gasteiger partial charge < -0.3 is 19.8 Å². The summed E-state index contributed by atoms with van der Waals surface area (Å²) in [6, 6.07) is 14.8. The minimum absolute atomic E-state index is 0.195. The Morgan fingerprint density at radius 1 is 1.12 bits per heavy atom. The summed E-state index contributed by atoms with van der Waals surface area (Å²) < 4.78 is 11.4. The van der Waals surface area contributed by atoms with E-state index < -0.39 is 11.7 Å². The molecule has 1 aromatic heterocycles. The van der Waals surface area contributed by atoms with Gasteiger partial charge in [0.1, 0.15) is 12.7 Å². The second kappa shape index (κ2) is 6.55. The van der Waals surface area contributed by atoms with Crippen molar-refractivity contribution >= 4 is 22.6 Å². The molecule has 1 atom stereocenters. The molecule has 2 N–H and O–H groups in total. The van der Waals surface area contributed by atoms with Crippen molar-refractivity contribution in [1.29, 1.82) is 0 Å². The van der Waals surface area contributed by atoms with Gasteiger partial charge in [0.2, 0.25) is 0 Å². The summed E-state index contributed by atoms with van der Waals surface area (Å²) in [4.78, 5) is 28.1. The highest BCUT2D eigenvalue weighted by molar-refractivity contribution is 6.45. The molecule has 2 aromatic carbocycles. The number of amides is 1. The van der Waals surface area contributed by atoms with Crippen molar-refractivity contribution in [1.82, 2.24) is 10.3 Å². The van der Waals surface area contributed by atoms with E-state index in [1.54, 1.807) is 6.92 Å². The molecular weight excluding hydrogens is 332 g/mol. The Bertz CT molecular complexity index is 992. The van der Waals surface area contributed by atoms with E-state index in [1.165, 1.54) is 0 Å². The second-order valence-corrected chi connectivity index (χ2v) is 6.21. The zero-order valence-electron chi connectivity index (χ0n) is 14.2.